The number of hydrogen-bond donors (Lipinski definition) is 7. The van der Waals surface area contributed by atoms with Crippen LogP contribution in [0.3, 0.4) is 0 Å². The summed E-state index contributed by atoms with van der Waals surface area (Å²) in [6.45, 7) is -1.39. The summed E-state index contributed by atoms with van der Waals surface area (Å²) in [6, 6.07) is -3.97. The van der Waals surface area contributed by atoms with E-state index in [1.54, 1.807) is 6.26 Å². The van der Waals surface area contributed by atoms with Gasteiger partial charge in [-0.2, -0.15) is 11.8 Å². The number of carboxylic acid groups (broad SMARTS) is 2. The van der Waals surface area contributed by atoms with Crippen LogP contribution in [0.4, 0.5) is 0 Å². The number of carbonyl (C=O) groups excluding carboxylic acids is 3. The summed E-state index contributed by atoms with van der Waals surface area (Å²) in [7, 11) is 0. The summed E-state index contributed by atoms with van der Waals surface area (Å²) < 4.78 is 0. The molecule has 0 aliphatic heterocycles. The van der Waals surface area contributed by atoms with E-state index in [4.69, 9.17) is 15.9 Å². The predicted octanol–water partition coefficient (Wildman–Crippen LogP) is -3.30. The van der Waals surface area contributed by atoms with E-state index in [-0.39, 0.29) is 6.42 Å². The van der Waals surface area contributed by atoms with Gasteiger partial charge in [-0.25, -0.2) is 4.79 Å². The molecule has 0 fully saturated rings. The van der Waals surface area contributed by atoms with E-state index in [1.165, 1.54) is 11.8 Å². The SMILES string of the molecule is CSCCC(NC(=O)CNC(=O)C(CO)NC(=O)C(N)CC(=O)O)C(=O)O. The van der Waals surface area contributed by atoms with Crippen LogP contribution in [-0.4, -0.2) is 88.3 Å². The second-order valence-electron chi connectivity index (χ2n) is 5.41. The smallest absolute Gasteiger partial charge is 0.326 e. The standard InChI is InChI=1S/C14H24N4O8S/c1-27-3-2-8(14(25)26)17-10(20)5-16-13(24)9(6-19)18-12(23)7(15)4-11(21)22/h7-9,19H,2-6,15H2,1H3,(H,16,24)(H,17,20)(H,18,23)(H,21,22)(H,25,26). The number of nitrogens with one attached hydrogen (secondary N) is 3. The molecule has 0 aliphatic rings. The summed E-state index contributed by atoms with van der Waals surface area (Å²) >= 11 is 1.41. The molecule has 0 aliphatic carbocycles. The van der Waals surface area contributed by atoms with Gasteiger partial charge in [0.25, 0.3) is 0 Å². The van der Waals surface area contributed by atoms with Crippen LogP contribution >= 0.6 is 11.8 Å². The van der Waals surface area contributed by atoms with Crippen molar-refractivity contribution in [3.05, 3.63) is 0 Å². The van der Waals surface area contributed by atoms with E-state index in [9.17, 15) is 29.1 Å². The molecule has 0 aromatic heterocycles. The van der Waals surface area contributed by atoms with E-state index >= 15 is 0 Å². The summed E-state index contributed by atoms with van der Waals surface area (Å²) in [5.41, 5.74) is 5.34. The lowest BCUT2D eigenvalue weighted by atomic mass is 10.2. The Kier molecular flexibility index (Phi) is 11.8. The topological polar surface area (TPSA) is 208 Å². The van der Waals surface area contributed by atoms with Gasteiger partial charge in [-0.05, 0) is 18.4 Å². The molecule has 154 valence electrons. The number of thioether (sulfide) groups is 1. The van der Waals surface area contributed by atoms with E-state index < -0.39 is 67.4 Å². The molecule has 3 amide bonds. The highest BCUT2D eigenvalue weighted by molar-refractivity contribution is 7.98. The van der Waals surface area contributed by atoms with E-state index in [0.717, 1.165) is 0 Å². The monoisotopic (exact) mass is 408 g/mol. The van der Waals surface area contributed by atoms with Crippen molar-refractivity contribution in [3.63, 3.8) is 0 Å². The second kappa shape index (κ2) is 12.9. The molecule has 0 saturated carbocycles. The van der Waals surface area contributed by atoms with Gasteiger partial charge in [0.05, 0.1) is 25.6 Å². The number of nitrogens with two attached hydrogens (primary N) is 1. The maximum Gasteiger partial charge on any atom is 0.326 e. The first-order valence-electron chi connectivity index (χ1n) is 7.79. The van der Waals surface area contributed by atoms with Crippen molar-refractivity contribution in [1.82, 2.24) is 16.0 Å². The van der Waals surface area contributed by atoms with Gasteiger partial charge in [-0.3, -0.25) is 19.2 Å². The van der Waals surface area contributed by atoms with Gasteiger partial charge >= 0.3 is 11.9 Å². The number of aliphatic hydroxyl groups is 1. The van der Waals surface area contributed by atoms with Crippen LogP contribution in [0, 0.1) is 0 Å². The van der Waals surface area contributed by atoms with Crippen LogP contribution in [0.2, 0.25) is 0 Å². The minimum atomic E-state index is -1.45. The zero-order chi connectivity index (χ0) is 21.0. The van der Waals surface area contributed by atoms with Crippen LogP contribution in [0.5, 0.6) is 0 Å². The Bertz CT molecular complexity index is 559. The van der Waals surface area contributed by atoms with Gasteiger partial charge in [0.15, 0.2) is 0 Å². The van der Waals surface area contributed by atoms with Gasteiger partial charge in [0, 0.05) is 0 Å². The molecule has 8 N–H and O–H groups in total. The Balaban J connectivity index is 4.54. The number of aliphatic hydroxyl groups excluding tert-OH is 1. The van der Waals surface area contributed by atoms with Crippen LogP contribution in [0.1, 0.15) is 12.8 Å². The number of amides is 3. The zero-order valence-corrected chi connectivity index (χ0v) is 15.5. The average molecular weight is 408 g/mol. The molecule has 3 unspecified atom stereocenters. The Morgan fingerprint density at radius 1 is 1.04 bits per heavy atom. The summed E-state index contributed by atoms with van der Waals surface area (Å²) in [4.78, 5) is 56.9. The van der Waals surface area contributed by atoms with Crippen LogP contribution < -0.4 is 21.7 Å². The Labute approximate surface area is 159 Å². The number of carbonyl (C=O) groups is 5. The van der Waals surface area contributed by atoms with E-state index in [0.29, 0.717) is 5.75 Å². The molecule has 0 heterocycles. The molecule has 0 aromatic rings. The number of hydrogen-bond acceptors (Lipinski definition) is 8. The van der Waals surface area contributed by atoms with Crippen molar-refractivity contribution in [2.45, 2.75) is 31.0 Å². The first kappa shape index (κ1) is 24.6. The van der Waals surface area contributed by atoms with Gasteiger partial charge in [0.1, 0.15) is 12.1 Å². The van der Waals surface area contributed by atoms with Gasteiger partial charge < -0.3 is 37.0 Å². The normalized spacial score (nSPS) is 13.7. The lowest BCUT2D eigenvalue weighted by Crippen LogP contribution is -2.55. The lowest BCUT2D eigenvalue weighted by molar-refractivity contribution is -0.141. The largest absolute Gasteiger partial charge is 0.481 e. The molecule has 0 saturated heterocycles. The van der Waals surface area contributed by atoms with Crippen molar-refractivity contribution in [2.24, 2.45) is 5.73 Å². The average Bonchev–Trinajstić information content (AvgIpc) is 2.59. The van der Waals surface area contributed by atoms with Crippen molar-refractivity contribution in [2.75, 3.05) is 25.2 Å². The highest BCUT2D eigenvalue weighted by Gasteiger charge is 2.25. The third kappa shape index (κ3) is 10.4. The first-order chi connectivity index (χ1) is 12.6. The first-order valence-corrected chi connectivity index (χ1v) is 9.19. The third-order valence-corrected chi connectivity index (χ3v) is 3.86. The zero-order valence-electron chi connectivity index (χ0n) is 14.6. The quantitative estimate of drug-likeness (QED) is 0.161. The maximum atomic E-state index is 11.9. The van der Waals surface area contributed by atoms with Crippen LogP contribution in [-0.2, 0) is 24.0 Å². The molecule has 12 nitrogen and oxygen atoms in total. The molecule has 3 atom stereocenters. The molecule has 0 bridgehead atoms. The molecule has 0 rings (SSSR count). The van der Waals surface area contributed by atoms with Crippen molar-refractivity contribution in [3.8, 4) is 0 Å². The molecular weight excluding hydrogens is 384 g/mol. The Hall–Kier alpha value is -2.38. The van der Waals surface area contributed by atoms with Gasteiger partial charge in [0.2, 0.25) is 17.7 Å². The fraction of sp³-hybridized carbons (Fsp3) is 0.643. The predicted molar refractivity (Wildman–Crippen MR) is 94.8 cm³/mol. The fourth-order valence-corrected chi connectivity index (χ4v) is 2.25. The molecule has 13 heteroatoms. The van der Waals surface area contributed by atoms with Crippen molar-refractivity contribution in [1.29, 1.82) is 0 Å². The molecule has 0 aromatic carbocycles. The number of rotatable bonds is 13. The maximum absolute atomic E-state index is 11.9. The molecule has 0 spiro atoms. The van der Waals surface area contributed by atoms with Crippen molar-refractivity contribution < 1.29 is 39.3 Å². The molecule has 27 heavy (non-hydrogen) atoms. The van der Waals surface area contributed by atoms with Crippen molar-refractivity contribution >= 4 is 41.4 Å². The minimum Gasteiger partial charge on any atom is -0.481 e. The highest BCUT2D eigenvalue weighted by atomic mass is 32.2. The van der Waals surface area contributed by atoms with Gasteiger partial charge in [-0.15, -0.1) is 0 Å². The summed E-state index contributed by atoms with van der Waals surface area (Å²) in [6.07, 6.45) is 1.32. The lowest BCUT2D eigenvalue weighted by Gasteiger charge is -2.19. The summed E-state index contributed by atoms with van der Waals surface area (Å²) in [5.74, 6) is -4.65. The molecular formula is C14H24N4O8S. The van der Waals surface area contributed by atoms with E-state index in [2.05, 4.69) is 16.0 Å². The fourth-order valence-electron chi connectivity index (χ4n) is 1.78. The Morgan fingerprint density at radius 2 is 1.67 bits per heavy atom. The second-order valence-corrected chi connectivity index (χ2v) is 6.39. The van der Waals surface area contributed by atoms with Crippen LogP contribution in [0.25, 0.3) is 0 Å². The minimum absolute atomic E-state index is 0.201. The summed E-state index contributed by atoms with van der Waals surface area (Å²) in [5, 5.41) is 33.2. The number of aliphatic carboxylic acids is 2. The highest BCUT2D eigenvalue weighted by Crippen LogP contribution is 2.00. The van der Waals surface area contributed by atoms with Gasteiger partial charge in [-0.1, -0.05) is 0 Å². The third-order valence-electron chi connectivity index (χ3n) is 3.21. The van der Waals surface area contributed by atoms with E-state index in [1.807, 2.05) is 0 Å². The van der Waals surface area contributed by atoms with Crippen LogP contribution in [0.15, 0.2) is 0 Å². The number of carboxylic acids is 2. The molecule has 0 radical (unpaired) electrons. The Morgan fingerprint density at radius 3 is 2.15 bits per heavy atom.